The Morgan fingerprint density at radius 3 is 2.96 bits per heavy atom. The van der Waals surface area contributed by atoms with Crippen molar-refractivity contribution in [3.63, 3.8) is 0 Å². The highest BCUT2D eigenvalue weighted by Crippen LogP contribution is 2.28. The number of hydrogen-bond acceptors (Lipinski definition) is 4. The molecule has 2 aromatic heterocycles. The van der Waals surface area contributed by atoms with E-state index in [1.807, 2.05) is 41.0 Å². The van der Waals surface area contributed by atoms with Crippen molar-refractivity contribution in [1.82, 2.24) is 4.57 Å². The SMILES string of the molecule is C#CCn1c(=NC(=O)c2cc3cccc(OC)c3o2)sc2ccccc21. The predicted octanol–water partition coefficient (Wildman–Crippen LogP) is 3.83. The minimum Gasteiger partial charge on any atom is -0.493 e. The summed E-state index contributed by atoms with van der Waals surface area (Å²) in [7, 11) is 1.56. The van der Waals surface area contributed by atoms with Crippen LogP contribution in [0.1, 0.15) is 10.6 Å². The van der Waals surface area contributed by atoms with Crippen molar-refractivity contribution in [2.75, 3.05) is 7.11 Å². The molecule has 2 aromatic carbocycles. The molecular formula is C20H14N2O3S. The fraction of sp³-hybridized carbons (Fsp3) is 0.100. The molecule has 0 atom stereocenters. The molecule has 26 heavy (non-hydrogen) atoms. The minimum atomic E-state index is -0.458. The maximum atomic E-state index is 12.7. The van der Waals surface area contributed by atoms with Crippen LogP contribution in [0.5, 0.6) is 5.75 Å². The average Bonchev–Trinajstić information content (AvgIpc) is 3.24. The fourth-order valence-electron chi connectivity index (χ4n) is 2.79. The third-order valence-electron chi connectivity index (χ3n) is 3.97. The number of rotatable bonds is 3. The molecule has 4 aromatic rings. The average molecular weight is 362 g/mol. The summed E-state index contributed by atoms with van der Waals surface area (Å²) >= 11 is 1.41. The van der Waals surface area contributed by atoms with Crippen LogP contribution >= 0.6 is 11.3 Å². The molecule has 0 fully saturated rings. The number of nitrogens with zero attached hydrogens (tertiary/aromatic N) is 2. The Morgan fingerprint density at radius 1 is 1.31 bits per heavy atom. The number of aromatic nitrogens is 1. The van der Waals surface area contributed by atoms with E-state index in [2.05, 4.69) is 10.9 Å². The summed E-state index contributed by atoms with van der Waals surface area (Å²) in [5, 5.41) is 0.788. The first-order chi connectivity index (χ1) is 12.7. The number of hydrogen-bond donors (Lipinski definition) is 0. The van der Waals surface area contributed by atoms with E-state index in [-0.39, 0.29) is 5.76 Å². The van der Waals surface area contributed by atoms with Gasteiger partial charge in [-0.25, -0.2) is 0 Å². The lowest BCUT2D eigenvalue weighted by Gasteiger charge is -1.99. The summed E-state index contributed by atoms with van der Waals surface area (Å²) < 4.78 is 13.8. The summed E-state index contributed by atoms with van der Waals surface area (Å²) in [6.07, 6.45) is 5.48. The molecule has 0 aliphatic rings. The second kappa shape index (κ2) is 6.54. The first kappa shape index (κ1) is 16.2. The summed E-state index contributed by atoms with van der Waals surface area (Å²) in [6.45, 7) is 0.337. The summed E-state index contributed by atoms with van der Waals surface area (Å²) in [5.41, 5.74) is 1.48. The van der Waals surface area contributed by atoms with Gasteiger partial charge in [-0.05, 0) is 24.3 Å². The smallest absolute Gasteiger partial charge is 0.315 e. The van der Waals surface area contributed by atoms with Crippen LogP contribution in [0.2, 0.25) is 0 Å². The highest BCUT2D eigenvalue weighted by atomic mass is 32.1. The Morgan fingerprint density at radius 2 is 2.15 bits per heavy atom. The quantitative estimate of drug-likeness (QED) is 0.521. The molecule has 5 nitrogen and oxygen atoms in total. The van der Waals surface area contributed by atoms with Gasteiger partial charge in [0.05, 0.1) is 23.9 Å². The number of carbonyl (C=O) groups excluding carboxylic acids is 1. The number of ether oxygens (including phenoxy) is 1. The minimum absolute atomic E-state index is 0.161. The van der Waals surface area contributed by atoms with Crippen LogP contribution < -0.4 is 9.54 Å². The molecule has 4 rings (SSSR count). The Kier molecular flexibility index (Phi) is 4.07. The van der Waals surface area contributed by atoms with Crippen LogP contribution in [-0.4, -0.2) is 17.6 Å². The molecule has 0 aliphatic heterocycles. The van der Waals surface area contributed by atoms with E-state index in [4.69, 9.17) is 15.6 Å². The van der Waals surface area contributed by atoms with Crippen molar-refractivity contribution in [1.29, 1.82) is 0 Å². The van der Waals surface area contributed by atoms with Crippen molar-refractivity contribution >= 4 is 38.4 Å². The van der Waals surface area contributed by atoms with Crippen LogP contribution in [0.15, 0.2) is 57.9 Å². The second-order valence-electron chi connectivity index (χ2n) is 5.55. The summed E-state index contributed by atoms with van der Waals surface area (Å²) in [6, 6.07) is 15.0. The molecular weight excluding hydrogens is 348 g/mol. The van der Waals surface area contributed by atoms with Gasteiger partial charge in [0, 0.05) is 5.39 Å². The van der Waals surface area contributed by atoms with Crippen LogP contribution in [-0.2, 0) is 6.54 Å². The monoisotopic (exact) mass is 362 g/mol. The van der Waals surface area contributed by atoms with E-state index in [0.29, 0.717) is 22.7 Å². The molecule has 128 valence electrons. The molecule has 2 heterocycles. The normalized spacial score (nSPS) is 11.8. The number of methoxy groups -OCH3 is 1. The maximum absolute atomic E-state index is 12.7. The topological polar surface area (TPSA) is 56.7 Å². The lowest BCUT2D eigenvalue weighted by molar-refractivity contribution is 0.0973. The van der Waals surface area contributed by atoms with Gasteiger partial charge in [-0.3, -0.25) is 4.79 Å². The first-order valence-corrected chi connectivity index (χ1v) is 8.70. The van der Waals surface area contributed by atoms with E-state index in [0.717, 1.165) is 15.6 Å². The van der Waals surface area contributed by atoms with Gasteiger partial charge in [0.2, 0.25) is 0 Å². The van der Waals surface area contributed by atoms with Gasteiger partial charge in [0.15, 0.2) is 21.9 Å². The Bertz CT molecular complexity index is 1240. The molecule has 0 aliphatic carbocycles. The molecule has 0 saturated heterocycles. The molecule has 1 amide bonds. The predicted molar refractivity (Wildman–Crippen MR) is 101 cm³/mol. The number of furan rings is 1. The highest BCUT2D eigenvalue weighted by molar-refractivity contribution is 7.16. The highest BCUT2D eigenvalue weighted by Gasteiger charge is 2.15. The molecule has 0 spiro atoms. The van der Waals surface area contributed by atoms with Crippen molar-refractivity contribution in [3.8, 4) is 18.1 Å². The van der Waals surface area contributed by atoms with E-state index < -0.39 is 5.91 Å². The lowest BCUT2D eigenvalue weighted by atomic mass is 10.2. The van der Waals surface area contributed by atoms with Crippen LogP contribution in [0.3, 0.4) is 0 Å². The number of fused-ring (bicyclic) bond motifs is 2. The first-order valence-electron chi connectivity index (χ1n) is 7.88. The standard InChI is InChI=1S/C20H14N2O3S/c1-3-11-22-14-8-4-5-10-17(14)26-20(22)21-19(23)16-12-13-7-6-9-15(24-2)18(13)25-16/h1,4-10,12H,11H2,2H3. The van der Waals surface area contributed by atoms with E-state index in [1.54, 1.807) is 19.2 Å². The fourth-order valence-corrected chi connectivity index (χ4v) is 3.82. The van der Waals surface area contributed by atoms with Gasteiger partial charge < -0.3 is 13.7 Å². The van der Waals surface area contributed by atoms with Gasteiger partial charge in [-0.15, -0.1) is 6.42 Å². The lowest BCUT2D eigenvalue weighted by Crippen LogP contribution is -2.16. The largest absolute Gasteiger partial charge is 0.493 e. The number of amides is 1. The zero-order chi connectivity index (χ0) is 18.1. The van der Waals surface area contributed by atoms with Crippen LogP contribution in [0.25, 0.3) is 21.2 Å². The summed E-state index contributed by atoms with van der Waals surface area (Å²) in [5.74, 6) is 2.89. The van der Waals surface area contributed by atoms with Gasteiger partial charge in [-0.1, -0.05) is 41.5 Å². The van der Waals surface area contributed by atoms with Crippen molar-refractivity contribution in [2.45, 2.75) is 6.54 Å². The third kappa shape index (κ3) is 2.68. The summed E-state index contributed by atoms with van der Waals surface area (Å²) in [4.78, 5) is 17.4. The van der Waals surface area contributed by atoms with E-state index in [1.165, 1.54) is 11.3 Å². The molecule has 0 saturated carbocycles. The second-order valence-corrected chi connectivity index (χ2v) is 6.56. The third-order valence-corrected chi connectivity index (χ3v) is 5.03. The Labute approximate surface area is 153 Å². The molecule has 0 N–H and O–H groups in total. The Balaban J connectivity index is 1.84. The van der Waals surface area contributed by atoms with Crippen molar-refractivity contribution in [3.05, 3.63) is 59.1 Å². The maximum Gasteiger partial charge on any atom is 0.315 e. The zero-order valence-electron chi connectivity index (χ0n) is 13.9. The van der Waals surface area contributed by atoms with Gasteiger partial charge in [-0.2, -0.15) is 4.99 Å². The van der Waals surface area contributed by atoms with E-state index in [9.17, 15) is 4.79 Å². The number of terminal acetylenes is 1. The molecule has 0 unspecified atom stereocenters. The number of carbonyl (C=O) groups is 1. The molecule has 0 radical (unpaired) electrons. The zero-order valence-corrected chi connectivity index (χ0v) is 14.7. The Hall–Kier alpha value is -3.30. The number of benzene rings is 2. The van der Waals surface area contributed by atoms with Crippen LogP contribution in [0, 0.1) is 12.3 Å². The van der Waals surface area contributed by atoms with E-state index >= 15 is 0 Å². The number of thiazole rings is 1. The van der Waals surface area contributed by atoms with Gasteiger partial charge in [0.25, 0.3) is 0 Å². The molecule has 6 heteroatoms. The van der Waals surface area contributed by atoms with Gasteiger partial charge >= 0.3 is 5.91 Å². The van der Waals surface area contributed by atoms with Gasteiger partial charge in [0.1, 0.15) is 0 Å². The van der Waals surface area contributed by atoms with Crippen molar-refractivity contribution in [2.24, 2.45) is 4.99 Å². The number of para-hydroxylation sites is 2. The molecule has 0 bridgehead atoms. The van der Waals surface area contributed by atoms with Crippen molar-refractivity contribution < 1.29 is 13.9 Å². The van der Waals surface area contributed by atoms with Crippen LogP contribution in [0.4, 0.5) is 0 Å².